The van der Waals surface area contributed by atoms with Gasteiger partial charge in [0.15, 0.2) is 0 Å². The summed E-state index contributed by atoms with van der Waals surface area (Å²) in [6.45, 7) is 4.37. The monoisotopic (exact) mass is 160 g/mol. The first-order valence-corrected chi connectivity index (χ1v) is 4.09. The summed E-state index contributed by atoms with van der Waals surface area (Å²) in [6.07, 6.45) is -0.631. The molecule has 0 bridgehead atoms. The summed E-state index contributed by atoms with van der Waals surface area (Å²) in [5.41, 5.74) is 0. The molecule has 0 aromatic rings. The van der Waals surface area contributed by atoms with Crippen LogP contribution in [0.4, 0.5) is 0 Å². The number of ether oxygens (including phenoxy) is 1. The molecule has 3 atom stereocenters. The second kappa shape index (κ2) is 3.52. The van der Waals surface area contributed by atoms with Crippen molar-refractivity contribution in [2.45, 2.75) is 38.6 Å². The van der Waals surface area contributed by atoms with Crippen LogP contribution in [0.15, 0.2) is 0 Å². The summed E-state index contributed by atoms with van der Waals surface area (Å²) in [6, 6.07) is 0. The van der Waals surface area contributed by atoms with Crippen LogP contribution >= 0.6 is 0 Å². The number of aliphatic hydroxyl groups is 2. The molecular weight excluding hydrogens is 144 g/mol. The Labute approximate surface area is 67.0 Å². The van der Waals surface area contributed by atoms with Gasteiger partial charge in [-0.25, -0.2) is 0 Å². The first-order valence-electron chi connectivity index (χ1n) is 4.09. The van der Waals surface area contributed by atoms with E-state index in [1.54, 1.807) is 0 Å². The highest BCUT2D eigenvalue weighted by Crippen LogP contribution is 2.20. The Kier molecular flexibility index (Phi) is 2.87. The summed E-state index contributed by atoms with van der Waals surface area (Å²) < 4.78 is 5.31. The molecule has 0 radical (unpaired) electrons. The third-order valence-electron chi connectivity index (χ3n) is 2.14. The van der Waals surface area contributed by atoms with Gasteiger partial charge in [-0.2, -0.15) is 0 Å². The van der Waals surface area contributed by atoms with Gasteiger partial charge in [-0.05, 0) is 5.92 Å². The van der Waals surface area contributed by atoms with Crippen molar-refractivity contribution in [2.24, 2.45) is 5.92 Å². The smallest absolute Gasteiger partial charge is 0.103 e. The minimum atomic E-state index is -0.690. The van der Waals surface area contributed by atoms with Crippen LogP contribution < -0.4 is 0 Å². The van der Waals surface area contributed by atoms with E-state index >= 15 is 0 Å². The zero-order valence-electron chi connectivity index (χ0n) is 7.03. The molecule has 0 spiro atoms. The Morgan fingerprint density at radius 2 is 1.91 bits per heavy atom. The van der Waals surface area contributed by atoms with Gasteiger partial charge in [0.2, 0.25) is 0 Å². The van der Waals surface area contributed by atoms with Crippen LogP contribution in [0.3, 0.4) is 0 Å². The van der Waals surface area contributed by atoms with Crippen LogP contribution in [0.5, 0.6) is 0 Å². The van der Waals surface area contributed by atoms with Crippen molar-refractivity contribution < 1.29 is 14.9 Å². The maximum absolute atomic E-state index is 9.27. The normalized spacial score (nSPS) is 39.5. The van der Waals surface area contributed by atoms with Gasteiger partial charge < -0.3 is 14.9 Å². The lowest BCUT2D eigenvalue weighted by Crippen LogP contribution is -2.42. The predicted molar refractivity (Wildman–Crippen MR) is 41.2 cm³/mol. The fourth-order valence-corrected chi connectivity index (χ4v) is 1.26. The van der Waals surface area contributed by atoms with Crippen molar-refractivity contribution in [3.63, 3.8) is 0 Å². The van der Waals surface area contributed by atoms with Crippen LogP contribution in [-0.2, 0) is 4.74 Å². The quantitative estimate of drug-likeness (QED) is 0.574. The van der Waals surface area contributed by atoms with Crippen molar-refractivity contribution in [2.75, 3.05) is 6.61 Å². The molecule has 0 aromatic heterocycles. The molecule has 0 amide bonds. The Balaban J connectivity index is 2.40. The maximum atomic E-state index is 9.27. The van der Waals surface area contributed by atoms with Crippen LogP contribution in [0, 0.1) is 5.92 Å². The molecule has 66 valence electrons. The van der Waals surface area contributed by atoms with Crippen LogP contribution in [-0.4, -0.2) is 35.1 Å². The fourth-order valence-electron chi connectivity index (χ4n) is 1.26. The molecule has 1 rings (SSSR count). The minimum absolute atomic E-state index is 0.105. The van der Waals surface area contributed by atoms with E-state index in [1.807, 2.05) is 0 Å². The van der Waals surface area contributed by atoms with E-state index in [2.05, 4.69) is 13.8 Å². The SMILES string of the molecule is CC(C)[C@H]1CC(O)C(O)CO1. The summed E-state index contributed by atoms with van der Waals surface area (Å²) in [5.74, 6) is 0.414. The molecule has 11 heavy (non-hydrogen) atoms. The lowest BCUT2D eigenvalue weighted by molar-refractivity contribution is -0.132. The number of rotatable bonds is 1. The molecule has 0 aliphatic carbocycles. The third kappa shape index (κ3) is 2.15. The third-order valence-corrected chi connectivity index (χ3v) is 2.14. The molecule has 0 aromatic carbocycles. The van der Waals surface area contributed by atoms with Gasteiger partial charge in [-0.1, -0.05) is 13.8 Å². The topological polar surface area (TPSA) is 49.7 Å². The van der Waals surface area contributed by atoms with Gasteiger partial charge in [0, 0.05) is 6.42 Å². The molecule has 2 unspecified atom stereocenters. The van der Waals surface area contributed by atoms with Crippen molar-refractivity contribution in [1.82, 2.24) is 0 Å². The largest absolute Gasteiger partial charge is 0.390 e. The zero-order valence-corrected chi connectivity index (χ0v) is 7.03. The predicted octanol–water partition coefficient (Wildman–Crippen LogP) is 0.153. The van der Waals surface area contributed by atoms with Gasteiger partial charge >= 0.3 is 0 Å². The van der Waals surface area contributed by atoms with Crippen LogP contribution in [0.2, 0.25) is 0 Å². The van der Waals surface area contributed by atoms with Gasteiger partial charge in [-0.3, -0.25) is 0 Å². The highest BCUT2D eigenvalue weighted by molar-refractivity contribution is 4.78. The van der Waals surface area contributed by atoms with E-state index in [9.17, 15) is 5.11 Å². The average molecular weight is 160 g/mol. The summed E-state index contributed by atoms with van der Waals surface area (Å²) in [5, 5.41) is 18.4. The van der Waals surface area contributed by atoms with E-state index in [4.69, 9.17) is 9.84 Å². The molecule has 1 saturated heterocycles. The Hall–Kier alpha value is -0.120. The average Bonchev–Trinajstić information content (AvgIpc) is 1.94. The van der Waals surface area contributed by atoms with E-state index in [1.165, 1.54) is 0 Å². The number of aliphatic hydroxyl groups excluding tert-OH is 2. The van der Waals surface area contributed by atoms with Crippen molar-refractivity contribution in [1.29, 1.82) is 0 Å². The summed E-state index contributed by atoms with van der Waals surface area (Å²) in [4.78, 5) is 0. The summed E-state index contributed by atoms with van der Waals surface area (Å²) in [7, 11) is 0. The van der Waals surface area contributed by atoms with E-state index in [0.717, 1.165) is 0 Å². The molecule has 1 heterocycles. The molecule has 3 heteroatoms. The van der Waals surface area contributed by atoms with E-state index in [0.29, 0.717) is 12.3 Å². The second-order valence-electron chi connectivity index (χ2n) is 3.49. The molecule has 1 aliphatic heterocycles. The van der Waals surface area contributed by atoms with Crippen molar-refractivity contribution in [3.8, 4) is 0 Å². The lowest BCUT2D eigenvalue weighted by Gasteiger charge is -2.32. The Morgan fingerprint density at radius 3 is 2.36 bits per heavy atom. The summed E-state index contributed by atoms with van der Waals surface area (Å²) >= 11 is 0. The Morgan fingerprint density at radius 1 is 1.27 bits per heavy atom. The minimum Gasteiger partial charge on any atom is -0.390 e. The molecule has 1 aliphatic rings. The molecule has 3 nitrogen and oxygen atoms in total. The molecule has 2 N–H and O–H groups in total. The number of hydrogen-bond acceptors (Lipinski definition) is 3. The molecular formula is C8H16O3. The fraction of sp³-hybridized carbons (Fsp3) is 1.00. The zero-order chi connectivity index (χ0) is 8.43. The van der Waals surface area contributed by atoms with Crippen LogP contribution in [0.1, 0.15) is 20.3 Å². The maximum Gasteiger partial charge on any atom is 0.103 e. The highest BCUT2D eigenvalue weighted by Gasteiger charge is 2.29. The first-order chi connectivity index (χ1) is 5.11. The number of hydrogen-bond donors (Lipinski definition) is 2. The molecule has 0 saturated carbocycles. The second-order valence-corrected chi connectivity index (χ2v) is 3.49. The van der Waals surface area contributed by atoms with Gasteiger partial charge in [0.1, 0.15) is 6.10 Å². The molecule has 1 fully saturated rings. The van der Waals surface area contributed by atoms with Crippen molar-refractivity contribution in [3.05, 3.63) is 0 Å². The van der Waals surface area contributed by atoms with Gasteiger partial charge in [0.25, 0.3) is 0 Å². The van der Waals surface area contributed by atoms with Gasteiger partial charge in [0.05, 0.1) is 18.8 Å². The van der Waals surface area contributed by atoms with Gasteiger partial charge in [-0.15, -0.1) is 0 Å². The Bertz CT molecular complexity index is 125. The first kappa shape index (κ1) is 8.97. The highest BCUT2D eigenvalue weighted by atomic mass is 16.5. The van der Waals surface area contributed by atoms with Crippen molar-refractivity contribution >= 4 is 0 Å². The van der Waals surface area contributed by atoms with E-state index in [-0.39, 0.29) is 12.7 Å². The van der Waals surface area contributed by atoms with E-state index < -0.39 is 12.2 Å². The standard InChI is InChI=1S/C8H16O3/c1-5(2)8-3-6(9)7(10)4-11-8/h5-10H,3-4H2,1-2H3/t6?,7?,8-/m1/s1. The lowest BCUT2D eigenvalue weighted by atomic mass is 9.96. The van der Waals surface area contributed by atoms with Crippen LogP contribution in [0.25, 0.3) is 0 Å².